The summed E-state index contributed by atoms with van der Waals surface area (Å²) in [6.07, 6.45) is 1.69. The zero-order valence-electron chi connectivity index (χ0n) is 12.9. The Labute approximate surface area is 129 Å². The molecular formula is C16H21NO5. The Morgan fingerprint density at radius 3 is 2.55 bits per heavy atom. The third-order valence-electron chi connectivity index (χ3n) is 3.46. The van der Waals surface area contributed by atoms with E-state index in [1.807, 2.05) is 13.8 Å². The van der Waals surface area contributed by atoms with E-state index in [9.17, 15) is 9.59 Å². The number of nitrogens with one attached hydrogen (secondary N) is 1. The number of hydrogen-bond donors (Lipinski definition) is 1. The van der Waals surface area contributed by atoms with E-state index in [4.69, 9.17) is 14.2 Å². The molecule has 1 aliphatic heterocycles. The van der Waals surface area contributed by atoms with Crippen LogP contribution in [-0.2, 0) is 9.53 Å². The lowest BCUT2D eigenvalue weighted by Crippen LogP contribution is -2.36. The molecule has 1 aliphatic rings. The second-order valence-corrected chi connectivity index (χ2v) is 5.02. The molecule has 22 heavy (non-hydrogen) atoms. The van der Waals surface area contributed by atoms with Gasteiger partial charge in [0.15, 0.2) is 18.1 Å². The molecule has 0 aliphatic carbocycles. The molecular weight excluding hydrogens is 286 g/mol. The van der Waals surface area contributed by atoms with Gasteiger partial charge >= 0.3 is 5.97 Å². The second-order valence-electron chi connectivity index (χ2n) is 5.02. The number of amides is 1. The molecule has 6 heteroatoms. The standard InChI is InChI=1S/C16H21NO5/c1-3-12(4-2)17-15(18)10-22-16(19)11-5-6-13-14(9-11)21-8-7-20-13/h5-6,9,12H,3-4,7-8,10H2,1-2H3,(H,17,18). The first-order valence-corrected chi connectivity index (χ1v) is 7.50. The summed E-state index contributed by atoms with van der Waals surface area (Å²) in [6, 6.07) is 4.93. The number of esters is 1. The second kappa shape index (κ2) is 7.68. The average molecular weight is 307 g/mol. The van der Waals surface area contributed by atoms with Crippen molar-refractivity contribution in [3.05, 3.63) is 23.8 Å². The molecule has 0 spiro atoms. The molecule has 0 saturated heterocycles. The summed E-state index contributed by atoms with van der Waals surface area (Å²) in [6.45, 7) is 4.64. The molecule has 0 aromatic heterocycles. The Bertz CT molecular complexity index is 539. The van der Waals surface area contributed by atoms with Crippen LogP contribution in [0.1, 0.15) is 37.0 Å². The summed E-state index contributed by atoms with van der Waals surface area (Å²) in [5.74, 6) is 0.271. The molecule has 1 heterocycles. The van der Waals surface area contributed by atoms with Gasteiger partial charge in [-0.3, -0.25) is 4.79 Å². The maximum absolute atomic E-state index is 12.0. The molecule has 1 aromatic carbocycles. The number of ether oxygens (including phenoxy) is 3. The van der Waals surface area contributed by atoms with Crippen LogP contribution in [0, 0.1) is 0 Å². The number of benzene rings is 1. The molecule has 0 unspecified atom stereocenters. The van der Waals surface area contributed by atoms with E-state index < -0.39 is 5.97 Å². The number of carbonyl (C=O) groups excluding carboxylic acids is 2. The number of carbonyl (C=O) groups is 2. The van der Waals surface area contributed by atoms with Crippen molar-refractivity contribution in [2.75, 3.05) is 19.8 Å². The molecule has 0 atom stereocenters. The predicted octanol–water partition coefficient (Wildman–Crippen LogP) is 1.92. The van der Waals surface area contributed by atoms with Crippen LogP contribution in [0.25, 0.3) is 0 Å². The largest absolute Gasteiger partial charge is 0.486 e. The molecule has 1 amide bonds. The average Bonchev–Trinajstić information content (AvgIpc) is 2.57. The van der Waals surface area contributed by atoms with Gasteiger partial charge in [-0.15, -0.1) is 0 Å². The minimum absolute atomic E-state index is 0.112. The Balaban J connectivity index is 1.88. The quantitative estimate of drug-likeness (QED) is 0.813. The van der Waals surface area contributed by atoms with Crippen molar-refractivity contribution in [2.45, 2.75) is 32.7 Å². The van der Waals surface area contributed by atoms with Crippen LogP contribution >= 0.6 is 0 Å². The van der Waals surface area contributed by atoms with E-state index in [0.717, 1.165) is 12.8 Å². The van der Waals surface area contributed by atoms with Crippen LogP contribution in [0.2, 0.25) is 0 Å². The van der Waals surface area contributed by atoms with Gasteiger partial charge in [0.25, 0.3) is 5.91 Å². The van der Waals surface area contributed by atoms with Crippen LogP contribution in [0.5, 0.6) is 11.5 Å². The van der Waals surface area contributed by atoms with Crippen molar-refractivity contribution in [3.63, 3.8) is 0 Å². The van der Waals surface area contributed by atoms with Crippen LogP contribution < -0.4 is 14.8 Å². The lowest BCUT2D eigenvalue weighted by atomic mass is 10.2. The van der Waals surface area contributed by atoms with Crippen molar-refractivity contribution in [3.8, 4) is 11.5 Å². The van der Waals surface area contributed by atoms with Crippen LogP contribution in [0.15, 0.2) is 18.2 Å². The van der Waals surface area contributed by atoms with Gasteiger partial charge in [0, 0.05) is 6.04 Å². The minimum atomic E-state index is -0.559. The van der Waals surface area contributed by atoms with E-state index in [1.165, 1.54) is 0 Å². The fourth-order valence-corrected chi connectivity index (χ4v) is 2.15. The van der Waals surface area contributed by atoms with Crippen molar-refractivity contribution in [1.29, 1.82) is 0 Å². The Kier molecular flexibility index (Phi) is 5.63. The minimum Gasteiger partial charge on any atom is -0.486 e. The first kappa shape index (κ1) is 16.1. The topological polar surface area (TPSA) is 73.9 Å². The highest BCUT2D eigenvalue weighted by atomic mass is 16.6. The van der Waals surface area contributed by atoms with E-state index in [0.29, 0.717) is 30.3 Å². The smallest absolute Gasteiger partial charge is 0.338 e. The third kappa shape index (κ3) is 4.13. The highest BCUT2D eigenvalue weighted by Gasteiger charge is 2.17. The fourth-order valence-electron chi connectivity index (χ4n) is 2.15. The summed E-state index contributed by atoms with van der Waals surface area (Å²) >= 11 is 0. The van der Waals surface area contributed by atoms with Gasteiger partial charge in [-0.1, -0.05) is 13.8 Å². The molecule has 6 nitrogen and oxygen atoms in total. The van der Waals surface area contributed by atoms with Gasteiger partial charge in [-0.25, -0.2) is 4.79 Å². The fraction of sp³-hybridized carbons (Fsp3) is 0.500. The summed E-state index contributed by atoms with van der Waals surface area (Å²) in [4.78, 5) is 23.7. The molecule has 0 bridgehead atoms. The lowest BCUT2D eigenvalue weighted by molar-refractivity contribution is -0.125. The number of fused-ring (bicyclic) bond motifs is 1. The van der Waals surface area contributed by atoms with Gasteiger partial charge < -0.3 is 19.5 Å². The van der Waals surface area contributed by atoms with E-state index >= 15 is 0 Å². The van der Waals surface area contributed by atoms with E-state index in [-0.39, 0.29) is 18.6 Å². The highest BCUT2D eigenvalue weighted by Crippen LogP contribution is 2.30. The molecule has 120 valence electrons. The highest BCUT2D eigenvalue weighted by molar-refractivity contribution is 5.92. The van der Waals surface area contributed by atoms with E-state index in [1.54, 1.807) is 18.2 Å². The number of rotatable bonds is 6. The molecule has 0 radical (unpaired) electrons. The zero-order chi connectivity index (χ0) is 15.9. The van der Waals surface area contributed by atoms with Crippen molar-refractivity contribution in [1.82, 2.24) is 5.32 Å². The summed E-state index contributed by atoms with van der Waals surface area (Å²) < 4.78 is 15.8. The lowest BCUT2D eigenvalue weighted by Gasteiger charge is -2.18. The van der Waals surface area contributed by atoms with Gasteiger partial charge in [-0.2, -0.15) is 0 Å². The van der Waals surface area contributed by atoms with Crippen molar-refractivity contribution in [2.24, 2.45) is 0 Å². The zero-order valence-corrected chi connectivity index (χ0v) is 12.9. The van der Waals surface area contributed by atoms with Crippen LogP contribution in [0.3, 0.4) is 0 Å². The molecule has 0 fully saturated rings. The monoisotopic (exact) mass is 307 g/mol. The first-order chi connectivity index (χ1) is 10.6. The van der Waals surface area contributed by atoms with Gasteiger partial charge in [0.2, 0.25) is 0 Å². The van der Waals surface area contributed by atoms with Gasteiger partial charge in [0.1, 0.15) is 13.2 Å². The number of hydrogen-bond acceptors (Lipinski definition) is 5. The summed E-state index contributed by atoms with van der Waals surface area (Å²) in [5, 5.41) is 2.81. The van der Waals surface area contributed by atoms with Gasteiger partial charge in [0.05, 0.1) is 5.56 Å². The Hall–Kier alpha value is -2.24. The maximum atomic E-state index is 12.0. The molecule has 1 N–H and O–H groups in total. The predicted molar refractivity (Wildman–Crippen MR) is 80.2 cm³/mol. The van der Waals surface area contributed by atoms with Crippen molar-refractivity contribution >= 4 is 11.9 Å². The molecule has 1 aromatic rings. The molecule has 2 rings (SSSR count). The normalized spacial score (nSPS) is 12.9. The van der Waals surface area contributed by atoms with Crippen molar-refractivity contribution < 1.29 is 23.8 Å². The molecule has 0 saturated carbocycles. The van der Waals surface area contributed by atoms with Crippen LogP contribution in [-0.4, -0.2) is 37.7 Å². The van der Waals surface area contributed by atoms with Crippen LogP contribution in [0.4, 0.5) is 0 Å². The SMILES string of the molecule is CCC(CC)NC(=O)COC(=O)c1ccc2c(c1)OCCO2. The van der Waals surface area contributed by atoms with Gasteiger partial charge in [-0.05, 0) is 31.0 Å². The Morgan fingerprint density at radius 2 is 1.86 bits per heavy atom. The maximum Gasteiger partial charge on any atom is 0.338 e. The first-order valence-electron chi connectivity index (χ1n) is 7.50. The van der Waals surface area contributed by atoms with E-state index in [2.05, 4.69) is 5.32 Å². The third-order valence-corrected chi connectivity index (χ3v) is 3.46. The summed E-state index contributed by atoms with van der Waals surface area (Å²) in [5.41, 5.74) is 0.333. The Morgan fingerprint density at radius 1 is 1.18 bits per heavy atom. The summed E-state index contributed by atoms with van der Waals surface area (Å²) in [7, 11) is 0.